The van der Waals surface area contributed by atoms with Gasteiger partial charge < -0.3 is 4.74 Å². The van der Waals surface area contributed by atoms with Crippen LogP contribution in [-0.4, -0.2) is 18.6 Å². The average Bonchev–Trinajstić information content (AvgIpc) is 2.43. The van der Waals surface area contributed by atoms with E-state index in [1.807, 2.05) is 42.5 Å². The van der Waals surface area contributed by atoms with Crippen molar-refractivity contribution < 1.29 is 4.74 Å². The van der Waals surface area contributed by atoms with E-state index in [0.29, 0.717) is 12.4 Å². The second-order valence-electron chi connectivity index (χ2n) is 3.62. The van der Waals surface area contributed by atoms with E-state index in [-0.39, 0.29) is 0 Å². The Bertz CT molecular complexity index is 630. The van der Waals surface area contributed by atoms with Crippen LogP contribution in [0.25, 0.3) is 27.4 Å². The van der Waals surface area contributed by atoms with Crippen LogP contribution < -0.4 is 4.74 Å². The van der Waals surface area contributed by atoms with Crippen molar-refractivity contribution in [3.8, 4) is 5.88 Å². The first-order valence-electron chi connectivity index (χ1n) is 5.45. The Morgan fingerprint density at radius 1 is 1.39 bits per heavy atom. The van der Waals surface area contributed by atoms with Gasteiger partial charge in [-0.05, 0) is 29.3 Å². The van der Waals surface area contributed by atoms with Crippen molar-refractivity contribution in [2.75, 3.05) is 13.7 Å². The summed E-state index contributed by atoms with van der Waals surface area (Å²) >= 11 is 0. The molecule has 2 rings (SSSR count). The monoisotopic (exact) mass is 240 g/mol. The summed E-state index contributed by atoms with van der Waals surface area (Å²) in [5, 5.41) is 4.48. The standard InChI is InChI=1S/C13H12N4O/c1-18-13-7-5-11-9-10(3-2-8-15-17-14)4-6-12(11)16-13/h2-7,9H,8H2,1H3. The number of hydrogen-bond donors (Lipinski definition) is 0. The number of benzene rings is 1. The zero-order chi connectivity index (χ0) is 12.8. The Morgan fingerprint density at radius 3 is 3.06 bits per heavy atom. The molecule has 0 unspecified atom stereocenters. The highest BCUT2D eigenvalue weighted by molar-refractivity contribution is 5.81. The van der Waals surface area contributed by atoms with Crippen LogP contribution in [0.5, 0.6) is 5.88 Å². The summed E-state index contributed by atoms with van der Waals surface area (Å²) in [6, 6.07) is 9.71. The molecule has 1 aromatic carbocycles. The summed E-state index contributed by atoms with van der Waals surface area (Å²) in [5.41, 5.74) is 10.1. The Kier molecular flexibility index (Phi) is 3.79. The van der Waals surface area contributed by atoms with Crippen LogP contribution in [0.4, 0.5) is 0 Å². The number of nitrogens with zero attached hydrogens (tertiary/aromatic N) is 4. The molecule has 1 aromatic heterocycles. The van der Waals surface area contributed by atoms with Gasteiger partial charge in [0.05, 0.1) is 12.6 Å². The lowest BCUT2D eigenvalue weighted by molar-refractivity contribution is 0.399. The first-order chi connectivity index (χ1) is 8.83. The summed E-state index contributed by atoms with van der Waals surface area (Å²) in [6.07, 6.45) is 3.73. The second-order valence-corrected chi connectivity index (χ2v) is 3.62. The third kappa shape index (κ3) is 2.78. The van der Waals surface area contributed by atoms with Crippen molar-refractivity contribution in [3.63, 3.8) is 0 Å². The lowest BCUT2D eigenvalue weighted by atomic mass is 10.1. The fourth-order valence-corrected chi connectivity index (χ4v) is 1.62. The minimum Gasteiger partial charge on any atom is -0.481 e. The van der Waals surface area contributed by atoms with Crippen molar-refractivity contribution >= 4 is 17.0 Å². The molecule has 0 aliphatic heterocycles. The molecule has 5 heteroatoms. The summed E-state index contributed by atoms with van der Waals surface area (Å²) in [5.74, 6) is 0.606. The molecule has 0 spiro atoms. The van der Waals surface area contributed by atoms with E-state index in [2.05, 4.69) is 15.0 Å². The molecule has 0 N–H and O–H groups in total. The molecule has 0 saturated heterocycles. The Labute approximate surface area is 104 Å². The van der Waals surface area contributed by atoms with Crippen LogP contribution in [0.15, 0.2) is 41.5 Å². The van der Waals surface area contributed by atoms with E-state index < -0.39 is 0 Å². The molecule has 0 fully saturated rings. The molecule has 0 aliphatic carbocycles. The van der Waals surface area contributed by atoms with Gasteiger partial charge in [0.15, 0.2) is 0 Å². The molecular weight excluding hydrogens is 228 g/mol. The molecule has 5 nitrogen and oxygen atoms in total. The predicted octanol–water partition coefficient (Wildman–Crippen LogP) is 3.57. The molecule has 0 amide bonds. The lowest BCUT2D eigenvalue weighted by Gasteiger charge is -2.02. The Hall–Kier alpha value is -2.52. The van der Waals surface area contributed by atoms with E-state index in [4.69, 9.17) is 10.3 Å². The SMILES string of the molecule is COc1ccc2cc(C=CCN=[N+]=[N-])ccc2n1. The first kappa shape index (κ1) is 12.0. The number of hydrogen-bond acceptors (Lipinski definition) is 3. The molecule has 18 heavy (non-hydrogen) atoms. The van der Waals surface area contributed by atoms with Crippen molar-refractivity contribution in [1.82, 2.24) is 4.98 Å². The van der Waals surface area contributed by atoms with Crippen molar-refractivity contribution in [3.05, 3.63) is 52.4 Å². The number of rotatable bonds is 4. The minimum absolute atomic E-state index is 0.357. The van der Waals surface area contributed by atoms with Gasteiger partial charge in [-0.1, -0.05) is 23.3 Å². The van der Waals surface area contributed by atoms with Crippen LogP contribution in [0.2, 0.25) is 0 Å². The zero-order valence-electron chi connectivity index (χ0n) is 9.95. The molecule has 0 atom stereocenters. The van der Waals surface area contributed by atoms with Gasteiger partial charge in [-0.2, -0.15) is 0 Å². The summed E-state index contributed by atoms with van der Waals surface area (Å²) in [6.45, 7) is 0.357. The van der Waals surface area contributed by atoms with E-state index in [1.54, 1.807) is 7.11 Å². The number of pyridine rings is 1. The molecule has 90 valence electrons. The maximum atomic E-state index is 8.16. The number of methoxy groups -OCH3 is 1. The molecule has 0 radical (unpaired) electrons. The minimum atomic E-state index is 0.357. The fourth-order valence-electron chi connectivity index (χ4n) is 1.62. The van der Waals surface area contributed by atoms with Crippen LogP contribution in [0, 0.1) is 0 Å². The largest absolute Gasteiger partial charge is 0.481 e. The smallest absolute Gasteiger partial charge is 0.213 e. The van der Waals surface area contributed by atoms with Crippen LogP contribution in [0.3, 0.4) is 0 Å². The highest BCUT2D eigenvalue weighted by Crippen LogP contribution is 2.18. The molecule has 0 aliphatic rings. The fraction of sp³-hybridized carbons (Fsp3) is 0.154. The highest BCUT2D eigenvalue weighted by Gasteiger charge is 1.98. The van der Waals surface area contributed by atoms with Crippen molar-refractivity contribution in [1.29, 1.82) is 0 Å². The second kappa shape index (κ2) is 5.70. The zero-order valence-corrected chi connectivity index (χ0v) is 9.95. The third-order valence-electron chi connectivity index (χ3n) is 2.46. The van der Waals surface area contributed by atoms with Crippen molar-refractivity contribution in [2.45, 2.75) is 0 Å². The third-order valence-corrected chi connectivity index (χ3v) is 2.46. The molecule has 2 aromatic rings. The summed E-state index contributed by atoms with van der Waals surface area (Å²) in [4.78, 5) is 7.02. The van der Waals surface area contributed by atoms with Gasteiger partial charge in [0.2, 0.25) is 5.88 Å². The number of azide groups is 1. The topological polar surface area (TPSA) is 70.9 Å². The normalized spacial score (nSPS) is 10.5. The van der Waals surface area contributed by atoms with Crippen LogP contribution >= 0.6 is 0 Å². The summed E-state index contributed by atoms with van der Waals surface area (Å²) < 4.78 is 5.07. The van der Waals surface area contributed by atoms with E-state index in [1.165, 1.54) is 0 Å². The predicted molar refractivity (Wildman–Crippen MR) is 71.3 cm³/mol. The quantitative estimate of drug-likeness (QED) is 0.465. The Morgan fingerprint density at radius 2 is 2.28 bits per heavy atom. The molecule has 0 saturated carbocycles. The summed E-state index contributed by atoms with van der Waals surface area (Å²) in [7, 11) is 1.60. The molecular formula is C13H12N4O. The molecule has 0 bridgehead atoms. The molecule has 1 heterocycles. The van der Waals surface area contributed by atoms with Crippen LogP contribution in [-0.2, 0) is 0 Å². The van der Waals surface area contributed by atoms with Gasteiger partial charge in [-0.3, -0.25) is 0 Å². The number of fused-ring (bicyclic) bond motifs is 1. The van der Waals surface area contributed by atoms with Gasteiger partial charge >= 0.3 is 0 Å². The van der Waals surface area contributed by atoms with Crippen molar-refractivity contribution in [2.24, 2.45) is 5.11 Å². The van der Waals surface area contributed by atoms with Gasteiger partial charge in [0.25, 0.3) is 0 Å². The maximum absolute atomic E-state index is 8.16. The van der Waals surface area contributed by atoms with E-state index >= 15 is 0 Å². The maximum Gasteiger partial charge on any atom is 0.213 e. The Balaban J connectivity index is 2.27. The van der Waals surface area contributed by atoms with E-state index in [9.17, 15) is 0 Å². The highest BCUT2D eigenvalue weighted by atomic mass is 16.5. The van der Waals surface area contributed by atoms with Gasteiger partial charge in [-0.25, -0.2) is 4.98 Å². The van der Waals surface area contributed by atoms with Crippen LogP contribution in [0.1, 0.15) is 5.56 Å². The van der Waals surface area contributed by atoms with E-state index in [0.717, 1.165) is 16.5 Å². The number of aromatic nitrogens is 1. The number of ether oxygens (including phenoxy) is 1. The first-order valence-corrected chi connectivity index (χ1v) is 5.45. The van der Waals surface area contributed by atoms with Gasteiger partial charge in [0.1, 0.15) is 0 Å². The average molecular weight is 240 g/mol. The van der Waals surface area contributed by atoms with Gasteiger partial charge in [-0.15, -0.1) is 0 Å². The lowest BCUT2D eigenvalue weighted by Crippen LogP contribution is -1.87. The van der Waals surface area contributed by atoms with Gasteiger partial charge in [0, 0.05) is 22.9 Å².